The lowest BCUT2D eigenvalue weighted by Crippen LogP contribution is -2.45. The van der Waals surface area contributed by atoms with Crippen molar-refractivity contribution in [3.8, 4) is 22.5 Å². The zero-order chi connectivity index (χ0) is 31.6. The Balaban J connectivity index is 1.17. The molecule has 2 aromatic carbocycles. The number of fused-ring (bicyclic) bond motifs is 1. The first-order valence-corrected chi connectivity index (χ1v) is 16.5. The quantitative estimate of drug-likeness (QED) is 0.242. The molecule has 0 amide bonds. The number of benzene rings is 2. The highest BCUT2D eigenvalue weighted by atomic mass is 16.5. The summed E-state index contributed by atoms with van der Waals surface area (Å²) in [6, 6.07) is 17.2. The van der Waals surface area contributed by atoms with Crippen molar-refractivity contribution in [2.75, 3.05) is 20.3 Å². The molecule has 4 heterocycles. The van der Waals surface area contributed by atoms with Gasteiger partial charge in [-0.1, -0.05) is 67.0 Å². The molecule has 46 heavy (non-hydrogen) atoms. The Morgan fingerprint density at radius 3 is 2.35 bits per heavy atom. The minimum Gasteiger partial charge on any atom is -0.381 e. The number of nitrogens with zero attached hydrogens (tertiary/aromatic N) is 6. The molecule has 1 aliphatic carbocycles. The molecular formula is C35H41N7O4. The second kappa shape index (κ2) is 13.2. The Kier molecular flexibility index (Phi) is 8.68. The first-order valence-electron chi connectivity index (χ1n) is 16.5. The van der Waals surface area contributed by atoms with Crippen molar-refractivity contribution < 1.29 is 9.26 Å². The van der Waals surface area contributed by atoms with E-state index in [9.17, 15) is 9.59 Å². The third-order valence-corrected chi connectivity index (χ3v) is 9.96. The number of aromatic nitrogens is 6. The van der Waals surface area contributed by atoms with Crippen LogP contribution in [0.15, 0.2) is 69.0 Å². The highest BCUT2D eigenvalue weighted by Crippen LogP contribution is 2.34. The van der Waals surface area contributed by atoms with Crippen LogP contribution in [0.1, 0.15) is 74.7 Å². The fraction of sp³-hybridized carbons (Fsp3) is 0.457. The van der Waals surface area contributed by atoms with E-state index in [0.29, 0.717) is 30.1 Å². The van der Waals surface area contributed by atoms with Gasteiger partial charge in [0.1, 0.15) is 6.33 Å². The van der Waals surface area contributed by atoms with Crippen LogP contribution in [0.2, 0.25) is 0 Å². The van der Waals surface area contributed by atoms with Crippen LogP contribution < -0.4 is 11.3 Å². The molecule has 0 unspecified atom stereocenters. The second-order valence-corrected chi connectivity index (χ2v) is 12.7. The molecule has 3 aromatic heterocycles. The van der Waals surface area contributed by atoms with Crippen LogP contribution in [0.3, 0.4) is 0 Å². The third kappa shape index (κ3) is 5.85. The summed E-state index contributed by atoms with van der Waals surface area (Å²) in [6.45, 7) is 3.82. The summed E-state index contributed by atoms with van der Waals surface area (Å²) in [7, 11) is 2.26. The van der Waals surface area contributed by atoms with Crippen LogP contribution >= 0.6 is 0 Å². The maximum absolute atomic E-state index is 14.4. The van der Waals surface area contributed by atoms with E-state index in [1.54, 1.807) is 6.33 Å². The van der Waals surface area contributed by atoms with Crippen molar-refractivity contribution >= 4 is 5.78 Å². The van der Waals surface area contributed by atoms with Gasteiger partial charge >= 0.3 is 5.76 Å². The molecule has 0 bridgehead atoms. The fourth-order valence-electron chi connectivity index (χ4n) is 7.49. The van der Waals surface area contributed by atoms with E-state index in [4.69, 9.17) is 9.26 Å². The summed E-state index contributed by atoms with van der Waals surface area (Å²) in [6.07, 6.45) is 9.91. The normalized spacial score (nSPS) is 19.3. The van der Waals surface area contributed by atoms with Gasteiger partial charge in [-0.25, -0.2) is 9.31 Å². The molecule has 7 rings (SSSR count). The minimum atomic E-state index is -0.589. The number of hydrogen-bond donors (Lipinski definition) is 1. The van der Waals surface area contributed by atoms with E-state index in [2.05, 4.69) is 63.4 Å². The van der Waals surface area contributed by atoms with Gasteiger partial charge in [-0.3, -0.25) is 18.9 Å². The molecule has 1 N–H and O–H groups in total. The van der Waals surface area contributed by atoms with Gasteiger partial charge in [0.25, 0.3) is 5.56 Å². The van der Waals surface area contributed by atoms with Gasteiger partial charge in [-0.2, -0.15) is 10.1 Å². The van der Waals surface area contributed by atoms with E-state index in [1.165, 1.54) is 0 Å². The third-order valence-electron chi connectivity index (χ3n) is 9.96. The lowest BCUT2D eigenvalue weighted by molar-refractivity contribution is 0.0193. The highest BCUT2D eigenvalue weighted by molar-refractivity contribution is 5.80. The van der Waals surface area contributed by atoms with Gasteiger partial charge in [0, 0.05) is 48.9 Å². The smallest absolute Gasteiger partial charge is 0.381 e. The molecule has 2 aliphatic rings. The Labute approximate surface area is 267 Å². The van der Waals surface area contributed by atoms with E-state index < -0.39 is 5.76 Å². The highest BCUT2D eigenvalue weighted by Gasteiger charge is 2.32. The number of H-pyrrole nitrogens is 1. The predicted octanol–water partition coefficient (Wildman–Crippen LogP) is 5.04. The van der Waals surface area contributed by atoms with Gasteiger partial charge in [-0.05, 0) is 68.7 Å². The molecule has 0 spiro atoms. The van der Waals surface area contributed by atoms with E-state index in [1.807, 2.05) is 33.3 Å². The molecular weight excluding hydrogens is 582 g/mol. The number of aromatic amines is 1. The monoisotopic (exact) mass is 623 g/mol. The molecule has 0 atom stereocenters. The molecule has 1 saturated carbocycles. The first kappa shape index (κ1) is 30.3. The molecule has 1 saturated heterocycles. The van der Waals surface area contributed by atoms with Gasteiger partial charge in [0.2, 0.25) is 5.78 Å². The van der Waals surface area contributed by atoms with Crippen molar-refractivity contribution in [2.45, 2.75) is 82.8 Å². The van der Waals surface area contributed by atoms with Crippen molar-refractivity contribution in [1.29, 1.82) is 0 Å². The van der Waals surface area contributed by atoms with E-state index in [-0.39, 0.29) is 11.6 Å². The number of aryl methyl sites for hydroxylation is 1. The summed E-state index contributed by atoms with van der Waals surface area (Å²) in [5.74, 6) is 0.449. The van der Waals surface area contributed by atoms with Crippen molar-refractivity contribution in [2.24, 2.45) is 0 Å². The van der Waals surface area contributed by atoms with Crippen molar-refractivity contribution in [3.63, 3.8) is 0 Å². The number of hydrogen-bond acceptors (Lipinski definition) is 8. The van der Waals surface area contributed by atoms with Crippen LogP contribution in [0, 0.1) is 0 Å². The molecule has 5 aromatic rings. The average molecular weight is 624 g/mol. The Morgan fingerprint density at radius 2 is 1.65 bits per heavy atom. The van der Waals surface area contributed by atoms with Gasteiger partial charge in [-0.15, -0.1) is 0 Å². The lowest BCUT2D eigenvalue weighted by atomic mass is 9.88. The molecule has 0 radical (unpaired) electrons. The summed E-state index contributed by atoms with van der Waals surface area (Å²) in [5.41, 5.74) is 5.49. The maximum Gasteiger partial charge on any atom is 0.439 e. The maximum atomic E-state index is 14.4. The standard InChI is InChI=1S/C35H41N7O4/c1-3-6-31-30(21-23-9-11-24(12-10-23)28-7-4-5-8-29(28)32-38-35(44)46-39-32)33(43)41(34-36-22-37-42(31)34)27-15-13-25(14-16-27)40(2)26-17-19-45-20-18-26/h4-5,7-12,22,25-27H,3,6,13-21H2,1-2H3,(H,38,39,44)/t25-,27-. The summed E-state index contributed by atoms with van der Waals surface area (Å²) >= 11 is 0. The minimum absolute atomic E-state index is 0.0505. The Morgan fingerprint density at radius 1 is 0.935 bits per heavy atom. The van der Waals surface area contributed by atoms with Crippen LogP contribution in [0.4, 0.5) is 0 Å². The molecule has 240 valence electrons. The second-order valence-electron chi connectivity index (χ2n) is 12.7. The van der Waals surface area contributed by atoms with Crippen molar-refractivity contribution in [3.05, 3.63) is 92.6 Å². The lowest BCUT2D eigenvalue weighted by Gasteiger charge is -2.40. The zero-order valence-electron chi connectivity index (χ0n) is 26.5. The molecule has 11 heteroatoms. The average Bonchev–Trinajstić information content (AvgIpc) is 3.76. The molecule has 1 aliphatic heterocycles. The zero-order valence-corrected chi connectivity index (χ0v) is 26.5. The van der Waals surface area contributed by atoms with E-state index in [0.717, 1.165) is 98.1 Å². The fourth-order valence-corrected chi connectivity index (χ4v) is 7.49. The number of ether oxygens (including phenoxy) is 1. The largest absolute Gasteiger partial charge is 0.439 e. The number of nitrogens with one attached hydrogen (secondary N) is 1. The van der Waals surface area contributed by atoms with E-state index >= 15 is 0 Å². The first-order chi connectivity index (χ1) is 22.5. The summed E-state index contributed by atoms with van der Waals surface area (Å²) < 4.78 is 14.2. The summed E-state index contributed by atoms with van der Waals surface area (Å²) in [4.78, 5) is 35.9. The predicted molar refractivity (Wildman–Crippen MR) is 175 cm³/mol. The molecule has 11 nitrogen and oxygen atoms in total. The molecule has 2 fully saturated rings. The van der Waals surface area contributed by atoms with Gasteiger partial charge in [0.15, 0.2) is 5.82 Å². The van der Waals surface area contributed by atoms with Crippen LogP contribution in [-0.4, -0.2) is 66.6 Å². The SMILES string of the molecule is CCCc1c(Cc2ccc(-c3ccccc3-c3noc(=O)[nH]3)cc2)c(=O)n([C@H]2CC[C@H](N(C)C3CCOCC3)CC2)c2ncnn12. The van der Waals surface area contributed by atoms with Gasteiger partial charge in [0.05, 0.1) is 5.69 Å². The Bertz CT molecular complexity index is 1910. The summed E-state index contributed by atoms with van der Waals surface area (Å²) in [5, 5.41) is 8.50. The number of rotatable bonds is 9. The Hall–Kier alpha value is -4.35. The topological polar surface area (TPSA) is 124 Å². The van der Waals surface area contributed by atoms with Crippen LogP contribution in [0.25, 0.3) is 28.3 Å². The van der Waals surface area contributed by atoms with Crippen LogP contribution in [-0.2, 0) is 17.6 Å². The van der Waals surface area contributed by atoms with Crippen LogP contribution in [0.5, 0.6) is 0 Å². The van der Waals surface area contributed by atoms with Gasteiger partial charge < -0.3 is 9.64 Å². The van der Waals surface area contributed by atoms with Crippen molar-refractivity contribution in [1.82, 2.24) is 34.2 Å².